The summed E-state index contributed by atoms with van der Waals surface area (Å²) in [5.74, 6) is 2.36. The summed E-state index contributed by atoms with van der Waals surface area (Å²) in [6, 6.07) is 7.77. The maximum Gasteiger partial charge on any atom is 0.106 e. The van der Waals surface area contributed by atoms with Gasteiger partial charge in [0.15, 0.2) is 0 Å². The van der Waals surface area contributed by atoms with Gasteiger partial charge in [0.05, 0.1) is 10.7 Å². The first-order valence-electron chi connectivity index (χ1n) is 6.43. The van der Waals surface area contributed by atoms with Gasteiger partial charge in [0.25, 0.3) is 0 Å². The van der Waals surface area contributed by atoms with Crippen LogP contribution in [-0.2, 0) is 0 Å². The average Bonchev–Trinajstić information content (AvgIpc) is 2.92. The lowest BCUT2D eigenvalue weighted by molar-refractivity contribution is 0.877. The molecule has 2 rings (SSSR count). The fourth-order valence-corrected chi connectivity index (χ4v) is 2.73. The van der Waals surface area contributed by atoms with E-state index in [1.807, 2.05) is 42.2 Å². The van der Waals surface area contributed by atoms with E-state index in [0.29, 0.717) is 5.02 Å². The van der Waals surface area contributed by atoms with Crippen LogP contribution in [-0.4, -0.2) is 27.8 Å². The minimum absolute atomic E-state index is 0.705. The normalized spacial score (nSPS) is 10.6. The number of hydrogen-bond donors (Lipinski definition) is 1. The van der Waals surface area contributed by atoms with Gasteiger partial charge in [-0.1, -0.05) is 24.6 Å². The van der Waals surface area contributed by atoms with Gasteiger partial charge in [-0.05, 0) is 36.1 Å². The maximum atomic E-state index is 6.28. The Morgan fingerprint density at radius 2 is 2.26 bits per heavy atom. The van der Waals surface area contributed by atoms with E-state index in [4.69, 9.17) is 11.6 Å². The molecule has 0 saturated heterocycles. The summed E-state index contributed by atoms with van der Waals surface area (Å²) in [4.78, 5) is 0. The molecule has 0 unspecified atom stereocenters. The van der Waals surface area contributed by atoms with E-state index in [1.165, 1.54) is 11.5 Å². The molecule has 19 heavy (non-hydrogen) atoms. The highest BCUT2D eigenvalue weighted by atomic mass is 35.5. The fraction of sp³-hybridized carbons (Fsp3) is 0.357. The number of thioether (sulfide) groups is 1. The highest BCUT2D eigenvalue weighted by molar-refractivity contribution is 7.99. The molecule has 3 nitrogen and oxygen atoms in total. The van der Waals surface area contributed by atoms with Gasteiger partial charge in [-0.2, -0.15) is 16.9 Å². The molecule has 0 amide bonds. The number of anilines is 1. The summed E-state index contributed by atoms with van der Waals surface area (Å²) in [5.41, 5.74) is 1.94. The minimum Gasteiger partial charge on any atom is -0.383 e. The van der Waals surface area contributed by atoms with Crippen LogP contribution in [0.3, 0.4) is 0 Å². The van der Waals surface area contributed by atoms with Gasteiger partial charge in [-0.15, -0.1) is 0 Å². The van der Waals surface area contributed by atoms with Crippen molar-refractivity contribution in [1.82, 2.24) is 9.78 Å². The molecule has 1 heterocycles. The van der Waals surface area contributed by atoms with E-state index < -0.39 is 0 Å². The second kappa shape index (κ2) is 7.46. The summed E-state index contributed by atoms with van der Waals surface area (Å²) in [5, 5.41) is 8.40. The molecule has 2 aromatic rings. The molecule has 0 fully saturated rings. The van der Waals surface area contributed by atoms with Crippen molar-refractivity contribution in [3.05, 3.63) is 41.7 Å². The second-order valence-corrected chi connectivity index (χ2v) is 5.86. The van der Waals surface area contributed by atoms with Crippen LogP contribution in [0.5, 0.6) is 0 Å². The predicted octanol–water partition coefficient (Wildman–Crippen LogP) is 4.08. The number of aromatic nitrogens is 2. The first kappa shape index (κ1) is 14.3. The first-order valence-corrected chi connectivity index (χ1v) is 7.96. The first-order chi connectivity index (χ1) is 9.33. The molecule has 0 saturated carbocycles. The Bertz CT molecular complexity index is 499. The van der Waals surface area contributed by atoms with Gasteiger partial charge in [-0.25, -0.2) is 4.68 Å². The summed E-state index contributed by atoms with van der Waals surface area (Å²) >= 11 is 8.24. The molecular weight excluding hydrogens is 278 g/mol. The summed E-state index contributed by atoms with van der Waals surface area (Å²) in [7, 11) is 0. The van der Waals surface area contributed by atoms with Crippen molar-refractivity contribution < 1.29 is 0 Å². The summed E-state index contributed by atoms with van der Waals surface area (Å²) in [6.07, 6.45) is 4.80. The van der Waals surface area contributed by atoms with Crippen molar-refractivity contribution >= 4 is 29.1 Å². The Labute approximate surface area is 123 Å². The van der Waals surface area contributed by atoms with Crippen LogP contribution in [0, 0.1) is 0 Å². The standard InChI is InChI=1S/C14H18ClN3S/c1-2-19-11-5-8-16-13-7-3-6-12(15)14(13)18-10-4-9-17-18/h3-4,6-7,9-10,16H,2,5,8,11H2,1H3. The number of hydrogen-bond acceptors (Lipinski definition) is 3. The van der Waals surface area contributed by atoms with Gasteiger partial charge in [0.1, 0.15) is 5.69 Å². The van der Waals surface area contributed by atoms with Gasteiger partial charge in [0.2, 0.25) is 0 Å². The Morgan fingerprint density at radius 3 is 3.00 bits per heavy atom. The molecule has 0 radical (unpaired) electrons. The monoisotopic (exact) mass is 295 g/mol. The van der Waals surface area contributed by atoms with Crippen LogP contribution in [0.15, 0.2) is 36.7 Å². The summed E-state index contributed by atoms with van der Waals surface area (Å²) < 4.78 is 1.80. The SMILES string of the molecule is CCSCCCNc1cccc(Cl)c1-n1cccn1. The van der Waals surface area contributed by atoms with Crippen LogP contribution in [0.4, 0.5) is 5.69 Å². The minimum atomic E-state index is 0.705. The van der Waals surface area contributed by atoms with Crippen LogP contribution in [0.2, 0.25) is 5.02 Å². The van der Waals surface area contributed by atoms with Crippen LogP contribution >= 0.6 is 23.4 Å². The maximum absolute atomic E-state index is 6.28. The zero-order valence-corrected chi connectivity index (χ0v) is 12.5. The predicted molar refractivity (Wildman–Crippen MR) is 84.7 cm³/mol. The van der Waals surface area contributed by atoms with Crippen molar-refractivity contribution in [3.63, 3.8) is 0 Å². The molecule has 0 aliphatic heterocycles. The van der Waals surface area contributed by atoms with Crippen molar-refractivity contribution in [2.75, 3.05) is 23.4 Å². The fourth-order valence-electron chi connectivity index (χ4n) is 1.83. The zero-order valence-electron chi connectivity index (χ0n) is 11.0. The number of nitrogens with one attached hydrogen (secondary N) is 1. The Balaban J connectivity index is 2.06. The average molecular weight is 296 g/mol. The molecule has 5 heteroatoms. The third-order valence-corrected chi connectivity index (χ3v) is 4.00. The van der Waals surface area contributed by atoms with E-state index in [1.54, 1.807) is 10.9 Å². The number of para-hydroxylation sites is 1. The molecule has 102 valence electrons. The smallest absolute Gasteiger partial charge is 0.106 e. The van der Waals surface area contributed by atoms with E-state index in [0.717, 1.165) is 24.3 Å². The zero-order chi connectivity index (χ0) is 13.5. The Kier molecular flexibility index (Phi) is 5.61. The van der Waals surface area contributed by atoms with Gasteiger partial charge in [0, 0.05) is 18.9 Å². The van der Waals surface area contributed by atoms with Gasteiger partial charge >= 0.3 is 0 Å². The molecule has 0 aliphatic carbocycles. The Hall–Kier alpha value is -1.13. The summed E-state index contributed by atoms with van der Waals surface area (Å²) in [6.45, 7) is 3.13. The van der Waals surface area contributed by atoms with E-state index in [9.17, 15) is 0 Å². The molecule has 0 bridgehead atoms. The third kappa shape index (κ3) is 3.91. The number of halogens is 1. The van der Waals surface area contributed by atoms with Gasteiger partial charge in [-0.3, -0.25) is 0 Å². The Morgan fingerprint density at radius 1 is 1.37 bits per heavy atom. The van der Waals surface area contributed by atoms with Crippen LogP contribution in [0.1, 0.15) is 13.3 Å². The van der Waals surface area contributed by atoms with Crippen molar-refractivity contribution in [2.24, 2.45) is 0 Å². The molecule has 1 N–H and O–H groups in total. The van der Waals surface area contributed by atoms with Crippen LogP contribution < -0.4 is 5.32 Å². The largest absolute Gasteiger partial charge is 0.383 e. The lowest BCUT2D eigenvalue weighted by atomic mass is 10.2. The molecular formula is C14H18ClN3S. The number of benzene rings is 1. The van der Waals surface area contributed by atoms with E-state index >= 15 is 0 Å². The van der Waals surface area contributed by atoms with Crippen molar-refractivity contribution in [3.8, 4) is 5.69 Å². The van der Waals surface area contributed by atoms with E-state index in [-0.39, 0.29) is 0 Å². The molecule has 0 spiro atoms. The molecule has 1 aromatic carbocycles. The second-order valence-electron chi connectivity index (χ2n) is 4.06. The lowest BCUT2D eigenvalue weighted by Crippen LogP contribution is -2.07. The quantitative estimate of drug-likeness (QED) is 0.781. The van der Waals surface area contributed by atoms with Crippen LogP contribution in [0.25, 0.3) is 5.69 Å². The number of nitrogens with zero attached hydrogens (tertiary/aromatic N) is 2. The van der Waals surface area contributed by atoms with Crippen molar-refractivity contribution in [1.29, 1.82) is 0 Å². The highest BCUT2D eigenvalue weighted by Gasteiger charge is 2.08. The van der Waals surface area contributed by atoms with Crippen molar-refractivity contribution in [2.45, 2.75) is 13.3 Å². The lowest BCUT2D eigenvalue weighted by Gasteiger charge is -2.13. The molecule has 1 aromatic heterocycles. The number of rotatable bonds is 7. The highest BCUT2D eigenvalue weighted by Crippen LogP contribution is 2.27. The van der Waals surface area contributed by atoms with E-state index in [2.05, 4.69) is 17.3 Å². The third-order valence-electron chi connectivity index (χ3n) is 2.71. The molecule has 0 atom stereocenters. The van der Waals surface area contributed by atoms with Gasteiger partial charge < -0.3 is 5.32 Å². The molecule has 0 aliphatic rings. The topological polar surface area (TPSA) is 29.9 Å².